The molecule has 0 aliphatic carbocycles. The molecule has 2 amide bonds. The molecule has 0 spiro atoms. The molecule has 0 saturated carbocycles. The molecule has 0 aromatic heterocycles. The SMILES string of the molecule is COc1cc2c(cc1OC)[C@H](C)N(C(=O)N1CCOCC1)CC2. The van der Waals surface area contributed by atoms with E-state index in [1.807, 2.05) is 21.9 Å². The highest BCUT2D eigenvalue weighted by Gasteiger charge is 2.32. The van der Waals surface area contributed by atoms with Crippen LogP contribution in [0.3, 0.4) is 0 Å². The number of urea groups is 1. The summed E-state index contributed by atoms with van der Waals surface area (Å²) in [4.78, 5) is 16.6. The van der Waals surface area contributed by atoms with Gasteiger partial charge in [0.2, 0.25) is 0 Å². The zero-order valence-electron chi connectivity index (χ0n) is 14.0. The Bertz CT molecular complexity index is 584. The summed E-state index contributed by atoms with van der Waals surface area (Å²) in [7, 11) is 3.28. The maximum atomic E-state index is 12.8. The molecule has 2 aliphatic rings. The zero-order valence-corrected chi connectivity index (χ0v) is 14.0. The van der Waals surface area contributed by atoms with Crippen molar-refractivity contribution in [2.24, 2.45) is 0 Å². The van der Waals surface area contributed by atoms with E-state index in [1.54, 1.807) is 14.2 Å². The van der Waals surface area contributed by atoms with Crippen molar-refractivity contribution in [3.8, 4) is 11.5 Å². The fourth-order valence-electron chi connectivity index (χ4n) is 3.34. The summed E-state index contributed by atoms with van der Waals surface area (Å²) in [6, 6.07) is 4.15. The highest BCUT2D eigenvalue weighted by molar-refractivity contribution is 5.75. The third-order valence-electron chi connectivity index (χ3n) is 4.71. The number of nitrogens with zero attached hydrogens (tertiary/aromatic N) is 2. The van der Waals surface area contributed by atoms with Gasteiger partial charge in [0.25, 0.3) is 0 Å². The van der Waals surface area contributed by atoms with Crippen LogP contribution in [0.1, 0.15) is 24.1 Å². The Morgan fingerprint density at radius 3 is 2.43 bits per heavy atom. The van der Waals surface area contributed by atoms with E-state index >= 15 is 0 Å². The monoisotopic (exact) mass is 320 g/mol. The molecule has 6 nitrogen and oxygen atoms in total. The third-order valence-corrected chi connectivity index (χ3v) is 4.71. The van der Waals surface area contributed by atoms with Crippen molar-refractivity contribution in [1.29, 1.82) is 0 Å². The number of ether oxygens (including phenoxy) is 3. The van der Waals surface area contributed by atoms with Crippen LogP contribution in [0.2, 0.25) is 0 Å². The van der Waals surface area contributed by atoms with Gasteiger partial charge in [0.05, 0.1) is 33.5 Å². The van der Waals surface area contributed by atoms with Crippen LogP contribution < -0.4 is 9.47 Å². The Morgan fingerprint density at radius 2 is 1.78 bits per heavy atom. The molecule has 126 valence electrons. The zero-order chi connectivity index (χ0) is 16.4. The van der Waals surface area contributed by atoms with Crippen molar-refractivity contribution in [3.05, 3.63) is 23.3 Å². The second-order valence-corrected chi connectivity index (χ2v) is 5.91. The van der Waals surface area contributed by atoms with Gasteiger partial charge in [-0.05, 0) is 36.6 Å². The van der Waals surface area contributed by atoms with Gasteiger partial charge in [-0.3, -0.25) is 0 Å². The molecule has 3 rings (SSSR count). The quantitative estimate of drug-likeness (QED) is 0.837. The van der Waals surface area contributed by atoms with Crippen LogP contribution in [-0.4, -0.2) is 62.9 Å². The Hall–Kier alpha value is -1.95. The molecule has 2 heterocycles. The highest BCUT2D eigenvalue weighted by atomic mass is 16.5. The minimum atomic E-state index is 0.0221. The Balaban J connectivity index is 1.84. The summed E-state index contributed by atoms with van der Waals surface area (Å²) in [6.45, 7) is 5.37. The maximum absolute atomic E-state index is 12.8. The van der Waals surface area contributed by atoms with Crippen LogP contribution in [0.15, 0.2) is 12.1 Å². The average Bonchev–Trinajstić information content (AvgIpc) is 2.61. The number of hydrogen-bond acceptors (Lipinski definition) is 4. The van der Waals surface area contributed by atoms with Gasteiger partial charge in [0.1, 0.15) is 0 Å². The van der Waals surface area contributed by atoms with E-state index in [2.05, 4.69) is 6.92 Å². The van der Waals surface area contributed by atoms with Gasteiger partial charge in [-0.15, -0.1) is 0 Å². The molecule has 0 unspecified atom stereocenters. The summed E-state index contributed by atoms with van der Waals surface area (Å²) < 4.78 is 16.1. The highest BCUT2D eigenvalue weighted by Crippen LogP contribution is 2.38. The first-order valence-electron chi connectivity index (χ1n) is 8.03. The van der Waals surface area contributed by atoms with E-state index in [4.69, 9.17) is 14.2 Å². The minimum absolute atomic E-state index is 0.0221. The summed E-state index contributed by atoms with van der Waals surface area (Å²) in [5.74, 6) is 1.45. The van der Waals surface area contributed by atoms with E-state index < -0.39 is 0 Å². The van der Waals surface area contributed by atoms with Crippen LogP contribution >= 0.6 is 0 Å². The first-order chi connectivity index (χ1) is 11.2. The number of benzene rings is 1. The summed E-state index contributed by atoms with van der Waals surface area (Å²) in [6.07, 6.45) is 0.829. The molecule has 23 heavy (non-hydrogen) atoms. The molecule has 0 N–H and O–H groups in total. The molecule has 0 bridgehead atoms. The molecule has 1 fully saturated rings. The molecular weight excluding hydrogens is 296 g/mol. The first kappa shape index (κ1) is 15.9. The first-order valence-corrected chi connectivity index (χ1v) is 8.03. The fourth-order valence-corrected chi connectivity index (χ4v) is 3.34. The number of methoxy groups -OCH3 is 2. The topological polar surface area (TPSA) is 51.2 Å². The van der Waals surface area contributed by atoms with E-state index in [0.717, 1.165) is 24.3 Å². The summed E-state index contributed by atoms with van der Waals surface area (Å²) in [5, 5.41) is 0. The van der Waals surface area contributed by atoms with Crippen molar-refractivity contribution in [2.45, 2.75) is 19.4 Å². The molecule has 1 atom stereocenters. The number of carbonyl (C=O) groups is 1. The lowest BCUT2D eigenvalue weighted by Crippen LogP contribution is -2.50. The molecule has 1 aromatic carbocycles. The molecule has 0 radical (unpaired) electrons. The van der Waals surface area contributed by atoms with Crippen molar-refractivity contribution in [3.63, 3.8) is 0 Å². The van der Waals surface area contributed by atoms with Gasteiger partial charge in [-0.25, -0.2) is 4.79 Å². The van der Waals surface area contributed by atoms with Crippen LogP contribution in [0.5, 0.6) is 11.5 Å². The Labute approximate surface area is 136 Å². The van der Waals surface area contributed by atoms with Crippen molar-refractivity contribution >= 4 is 6.03 Å². The van der Waals surface area contributed by atoms with E-state index in [9.17, 15) is 4.79 Å². The van der Waals surface area contributed by atoms with Crippen molar-refractivity contribution in [1.82, 2.24) is 9.80 Å². The lowest BCUT2D eigenvalue weighted by atomic mass is 9.93. The van der Waals surface area contributed by atoms with Crippen molar-refractivity contribution < 1.29 is 19.0 Å². The lowest BCUT2D eigenvalue weighted by Gasteiger charge is -2.39. The molecular formula is C17H24N2O4. The second kappa shape index (κ2) is 6.66. The van der Waals surface area contributed by atoms with Gasteiger partial charge < -0.3 is 24.0 Å². The van der Waals surface area contributed by atoms with E-state index in [0.29, 0.717) is 32.1 Å². The van der Waals surface area contributed by atoms with Crippen LogP contribution in [0.25, 0.3) is 0 Å². The largest absolute Gasteiger partial charge is 0.493 e. The molecule has 1 saturated heterocycles. The van der Waals surface area contributed by atoms with Gasteiger partial charge in [-0.1, -0.05) is 0 Å². The minimum Gasteiger partial charge on any atom is -0.493 e. The normalized spacial score (nSPS) is 20.9. The summed E-state index contributed by atoms with van der Waals surface area (Å²) in [5.41, 5.74) is 2.36. The maximum Gasteiger partial charge on any atom is 0.320 e. The third kappa shape index (κ3) is 2.95. The number of rotatable bonds is 2. The number of carbonyl (C=O) groups excluding carboxylic acids is 1. The average molecular weight is 320 g/mol. The Kier molecular flexibility index (Phi) is 4.61. The van der Waals surface area contributed by atoms with Gasteiger partial charge >= 0.3 is 6.03 Å². The van der Waals surface area contributed by atoms with Crippen molar-refractivity contribution in [2.75, 3.05) is 47.1 Å². The smallest absolute Gasteiger partial charge is 0.320 e. The number of amides is 2. The molecule has 1 aromatic rings. The number of hydrogen-bond donors (Lipinski definition) is 0. The molecule has 6 heteroatoms. The fraction of sp³-hybridized carbons (Fsp3) is 0.588. The van der Waals surface area contributed by atoms with E-state index in [-0.39, 0.29) is 12.1 Å². The summed E-state index contributed by atoms with van der Waals surface area (Å²) >= 11 is 0. The van der Waals surface area contributed by atoms with Gasteiger partial charge in [0, 0.05) is 19.6 Å². The second-order valence-electron chi connectivity index (χ2n) is 5.91. The lowest BCUT2D eigenvalue weighted by molar-refractivity contribution is 0.0390. The van der Waals surface area contributed by atoms with Crippen LogP contribution in [0, 0.1) is 0 Å². The Morgan fingerprint density at radius 1 is 1.13 bits per heavy atom. The molecule has 2 aliphatic heterocycles. The number of morpholine rings is 1. The van der Waals surface area contributed by atoms with Crippen LogP contribution in [0.4, 0.5) is 4.79 Å². The predicted molar refractivity (Wildman–Crippen MR) is 86.2 cm³/mol. The predicted octanol–water partition coefficient (Wildman–Crippen LogP) is 2.08. The number of fused-ring (bicyclic) bond motifs is 1. The standard InChI is InChI=1S/C17H24N2O4/c1-12-14-11-16(22-3)15(21-2)10-13(14)4-5-19(12)17(20)18-6-8-23-9-7-18/h10-12H,4-9H2,1-3H3/t12-/m0/s1. The van der Waals surface area contributed by atoms with Gasteiger partial charge in [0.15, 0.2) is 11.5 Å². The van der Waals surface area contributed by atoms with E-state index in [1.165, 1.54) is 5.56 Å². The van der Waals surface area contributed by atoms with Crippen LogP contribution in [-0.2, 0) is 11.2 Å². The van der Waals surface area contributed by atoms with Gasteiger partial charge in [-0.2, -0.15) is 0 Å².